The van der Waals surface area contributed by atoms with Gasteiger partial charge in [0.2, 0.25) is 5.91 Å². The van der Waals surface area contributed by atoms with Gasteiger partial charge in [-0.2, -0.15) is 5.10 Å². The van der Waals surface area contributed by atoms with E-state index in [0.717, 1.165) is 22.6 Å². The van der Waals surface area contributed by atoms with E-state index in [9.17, 15) is 9.59 Å². The second kappa shape index (κ2) is 9.19. The molecule has 29 heavy (non-hydrogen) atoms. The lowest BCUT2D eigenvalue weighted by atomic mass is 10.1. The molecule has 0 aliphatic heterocycles. The molecule has 0 saturated heterocycles. The first-order valence-corrected chi connectivity index (χ1v) is 9.80. The first-order valence-electron chi connectivity index (χ1n) is 9.80. The van der Waals surface area contributed by atoms with Gasteiger partial charge in [0.05, 0.1) is 23.1 Å². The Morgan fingerprint density at radius 3 is 2.52 bits per heavy atom. The van der Waals surface area contributed by atoms with E-state index in [1.54, 1.807) is 10.9 Å². The minimum Gasteiger partial charge on any atom is -0.348 e. The molecule has 0 fully saturated rings. The van der Waals surface area contributed by atoms with Gasteiger partial charge in [0.15, 0.2) is 0 Å². The smallest absolute Gasteiger partial charge is 0.255 e. The highest BCUT2D eigenvalue weighted by Gasteiger charge is 2.17. The van der Waals surface area contributed by atoms with Crippen molar-refractivity contribution in [2.45, 2.75) is 33.7 Å². The molecule has 0 aliphatic carbocycles. The predicted molar refractivity (Wildman–Crippen MR) is 114 cm³/mol. The molecule has 0 radical (unpaired) electrons. The van der Waals surface area contributed by atoms with Crippen molar-refractivity contribution in [2.24, 2.45) is 5.92 Å². The SMILES string of the molecule is CCc1c(C(=O)NCc2cccc(NC(=O)C(C)C)c2)cnn1-c1ccccc1. The number of anilines is 1. The molecule has 2 amide bonds. The van der Waals surface area contributed by atoms with Crippen molar-refractivity contribution in [3.8, 4) is 5.69 Å². The summed E-state index contributed by atoms with van der Waals surface area (Å²) < 4.78 is 1.80. The summed E-state index contributed by atoms with van der Waals surface area (Å²) in [7, 11) is 0. The van der Waals surface area contributed by atoms with Crippen molar-refractivity contribution in [1.82, 2.24) is 15.1 Å². The topological polar surface area (TPSA) is 76.0 Å². The molecule has 1 heterocycles. The van der Waals surface area contributed by atoms with Crippen LogP contribution in [0.4, 0.5) is 5.69 Å². The van der Waals surface area contributed by atoms with Crippen LogP contribution in [-0.2, 0) is 17.8 Å². The van der Waals surface area contributed by atoms with Gasteiger partial charge in [0.25, 0.3) is 5.91 Å². The van der Waals surface area contributed by atoms with Crippen LogP contribution in [0.25, 0.3) is 5.69 Å². The van der Waals surface area contributed by atoms with Crippen molar-refractivity contribution in [3.63, 3.8) is 0 Å². The number of nitrogens with zero attached hydrogens (tertiary/aromatic N) is 2. The fraction of sp³-hybridized carbons (Fsp3) is 0.261. The molecule has 0 aliphatic rings. The average molecular weight is 390 g/mol. The Morgan fingerprint density at radius 1 is 1.07 bits per heavy atom. The van der Waals surface area contributed by atoms with E-state index < -0.39 is 0 Å². The van der Waals surface area contributed by atoms with Crippen LogP contribution in [-0.4, -0.2) is 21.6 Å². The molecule has 3 rings (SSSR count). The summed E-state index contributed by atoms with van der Waals surface area (Å²) in [6.45, 7) is 6.07. The highest BCUT2D eigenvalue weighted by molar-refractivity contribution is 5.95. The number of carbonyl (C=O) groups excluding carboxylic acids is 2. The standard InChI is InChI=1S/C23H26N4O2/c1-4-21-20(15-25-27(21)19-11-6-5-7-12-19)23(29)24-14-17-9-8-10-18(13-17)26-22(28)16(2)3/h5-13,15-16H,4,14H2,1-3H3,(H,24,29)(H,26,28). The zero-order chi connectivity index (χ0) is 20.8. The molecule has 0 atom stereocenters. The van der Waals surface area contributed by atoms with Crippen molar-refractivity contribution in [2.75, 3.05) is 5.32 Å². The van der Waals surface area contributed by atoms with Crippen LogP contribution in [0.1, 0.15) is 42.4 Å². The normalized spacial score (nSPS) is 10.8. The fourth-order valence-corrected chi connectivity index (χ4v) is 3.02. The monoisotopic (exact) mass is 390 g/mol. The van der Waals surface area contributed by atoms with Gasteiger partial charge in [-0.15, -0.1) is 0 Å². The molecular formula is C23H26N4O2. The van der Waals surface area contributed by atoms with Crippen LogP contribution >= 0.6 is 0 Å². The zero-order valence-electron chi connectivity index (χ0n) is 17.0. The third-order valence-corrected chi connectivity index (χ3v) is 4.62. The van der Waals surface area contributed by atoms with E-state index >= 15 is 0 Å². The maximum atomic E-state index is 12.8. The van der Waals surface area contributed by atoms with Gasteiger partial charge in [-0.25, -0.2) is 4.68 Å². The number of carbonyl (C=O) groups is 2. The van der Waals surface area contributed by atoms with Gasteiger partial charge in [0.1, 0.15) is 0 Å². The maximum Gasteiger partial charge on any atom is 0.255 e. The van der Waals surface area contributed by atoms with Crippen molar-refractivity contribution >= 4 is 17.5 Å². The number of rotatable bonds is 7. The number of aromatic nitrogens is 2. The molecular weight excluding hydrogens is 364 g/mol. The van der Waals surface area contributed by atoms with Gasteiger partial charge in [-0.1, -0.05) is 51.1 Å². The number of nitrogens with one attached hydrogen (secondary N) is 2. The third-order valence-electron chi connectivity index (χ3n) is 4.62. The Labute approximate surface area is 170 Å². The van der Waals surface area contributed by atoms with Crippen LogP contribution in [0, 0.1) is 5.92 Å². The molecule has 0 saturated carbocycles. The lowest BCUT2D eigenvalue weighted by Gasteiger charge is -2.11. The summed E-state index contributed by atoms with van der Waals surface area (Å²) in [4.78, 5) is 24.6. The van der Waals surface area contributed by atoms with E-state index in [4.69, 9.17) is 0 Å². The summed E-state index contributed by atoms with van der Waals surface area (Å²) in [5.74, 6) is -0.292. The van der Waals surface area contributed by atoms with E-state index in [0.29, 0.717) is 18.5 Å². The summed E-state index contributed by atoms with van der Waals surface area (Å²) >= 11 is 0. The molecule has 0 bridgehead atoms. The molecule has 1 aromatic heterocycles. The van der Waals surface area contributed by atoms with Gasteiger partial charge in [-0.3, -0.25) is 9.59 Å². The van der Waals surface area contributed by atoms with Crippen LogP contribution < -0.4 is 10.6 Å². The zero-order valence-corrected chi connectivity index (χ0v) is 17.0. The van der Waals surface area contributed by atoms with Crippen molar-refractivity contribution in [1.29, 1.82) is 0 Å². The first kappa shape index (κ1) is 20.3. The van der Waals surface area contributed by atoms with Crippen LogP contribution in [0.5, 0.6) is 0 Å². The summed E-state index contributed by atoms with van der Waals surface area (Å²) in [5.41, 5.74) is 4.00. The number of hydrogen-bond acceptors (Lipinski definition) is 3. The van der Waals surface area contributed by atoms with E-state index in [1.165, 1.54) is 0 Å². The van der Waals surface area contributed by atoms with Crippen LogP contribution in [0.2, 0.25) is 0 Å². The van der Waals surface area contributed by atoms with Crippen molar-refractivity contribution < 1.29 is 9.59 Å². The Morgan fingerprint density at radius 2 is 1.83 bits per heavy atom. The number of para-hydroxylation sites is 1. The largest absolute Gasteiger partial charge is 0.348 e. The molecule has 0 spiro atoms. The van der Waals surface area contributed by atoms with Crippen LogP contribution in [0.15, 0.2) is 60.8 Å². The van der Waals surface area contributed by atoms with Crippen LogP contribution in [0.3, 0.4) is 0 Å². The van der Waals surface area contributed by atoms with Crippen molar-refractivity contribution in [3.05, 3.63) is 77.6 Å². The summed E-state index contributed by atoms with van der Waals surface area (Å²) in [6.07, 6.45) is 2.30. The molecule has 2 aromatic carbocycles. The highest BCUT2D eigenvalue weighted by atomic mass is 16.2. The summed E-state index contributed by atoms with van der Waals surface area (Å²) in [5, 5.41) is 10.2. The molecule has 6 heteroatoms. The Bertz CT molecular complexity index is 993. The number of benzene rings is 2. The number of hydrogen-bond donors (Lipinski definition) is 2. The van der Waals surface area contributed by atoms with Gasteiger partial charge >= 0.3 is 0 Å². The highest BCUT2D eigenvalue weighted by Crippen LogP contribution is 2.16. The van der Waals surface area contributed by atoms with E-state index in [-0.39, 0.29) is 17.7 Å². The van der Waals surface area contributed by atoms with Gasteiger partial charge in [0, 0.05) is 18.2 Å². The van der Waals surface area contributed by atoms with Gasteiger partial charge < -0.3 is 10.6 Å². The molecule has 150 valence electrons. The maximum absolute atomic E-state index is 12.8. The molecule has 0 unspecified atom stereocenters. The Hall–Kier alpha value is -3.41. The minimum atomic E-state index is -0.166. The third kappa shape index (κ3) is 4.90. The lowest BCUT2D eigenvalue weighted by Crippen LogP contribution is -2.24. The molecule has 6 nitrogen and oxygen atoms in total. The minimum absolute atomic E-state index is 0.0351. The van der Waals surface area contributed by atoms with E-state index in [2.05, 4.69) is 15.7 Å². The second-order valence-corrected chi connectivity index (χ2v) is 7.13. The van der Waals surface area contributed by atoms with Gasteiger partial charge in [-0.05, 0) is 36.2 Å². The Kier molecular flexibility index (Phi) is 6.44. The van der Waals surface area contributed by atoms with E-state index in [1.807, 2.05) is 75.4 Å². The second-order valence-electron chi connectivity index (χ2n) is 7.13. The molecule has 3 aromatic rings. The summed E-state index contributed by atoms with van der Waals surface area (Å²) in [6, 6.07) is 17.3. The lowest BCUT2D eigenvalue weighted by molar-refractivity contribution is -0.118. The average Bonchev–Trinajstić information content (AvgIpc) is 3.17. The fourth-order valence-electron chi connectivity index (χ4n) is 3.02. The number of amides is 2. The Balaban J connectivity index is 1.70. The first-order chi connectivity index (χ1) is 14.0. The molecule has 2 N–H and O–H groups in total. The quantitative estimate of drug-likeness (QED) is 0.641. The predicted octanol–water partition coefficient (Wildman–Crippen LogP) is 3.96.